The van der Waals surface area contributed by atoms with E-state index < -0.39 is 0 Å². The molecule has 0 radical (unpaired) electrons. The summed E-state index contributed by atoms with van der Waals surface area (Å²) >= 11 is 3.22. The third kappa shape index (κ3) is 3.08. The summed E-state index contributed by atoms with van der Waals surface area (Å²) in [4.78, 5) is 0. The van der Waals surface area contributed by atoms with Gasteiger partial charge < -0.3 is 4.74 Å². The molecule has 0 bridgehead atoms. The number of halogens is 2. The highest BCUT2D eigenvalue weighted by atomic mass is 79.9. The molecule has 0 saturated heterocycles. The van der Waals surface area contributed by atoms with Gasteiger partial charge in [-0.15, -0.1) is 5.92 Å². The molecule has 0 spiro atoms. The Morgan fingerprint density at radius 3 is 3.00 bits per heavy atom. The van der Waals surface area contributed by atoms with Crippen LogP contribution in [0.2, 0.25) is 0 Å². The van der Waals surface area contributed by atoms with Crippen LogP contribution in [0.4, 0.5) is 4.39 Å². The van der Waals surface area contributed by atoms with Gasteiger partial charge in [-0.3, -0.25) is 0 Å². The van der Waals surface area contributed by atoms with Crippen molar-refractivity contribution < 1.29 is 9.13 Å². The summed E-state index contributed by atoms with van der Waals surface area (Å²) in [6.45, 7) is 1.92. The number of hydrogen-bond acceptors (Lipinski definition) is 1. The maximum atomic E-state index is 13.0. The fourth-order valence-electron chi connectivity index (χ4n) is 0.774. The van der Waals surface area contributed by atoms with Crippen molar-refractivity contribution in [1.82, 2.24) is 0 Å². The van der Waals surface area contributed by atoms with Crippen LogP contribution in [0.15, 0.2) is 22.7 Å². The van der Waals surface area contributed by atoms with Crippen LogP contribution in [0.3, 0.4) is 0 Å². The molecule has 0 amide bonds. The van der Waals surface area contributed by atoms with Crippen LogP contribution < -0.4 is 4.74 Å². The maximum absolute atomic E-state index is 13.0. The van der Waals surface area contributed by atoms with Crippen molar-refractivity contribution in [2.75, 3.05) is 6.61 Å². The van der Waals surface area contributed by atoms with Crippen LogP contribution in [0.25, 0.3) is 0 Å². The molecule has 1 nitrogen and oxygen atoms in total. The van der Waals surface area contributed by atoms with Gasteiger partial charge in [0.2, 0.25) is 0 Å². The van der Waals surface area contributed by atoms with Gasteiger partial charge in [-0.05, 0) is 25.1 Å². The van der Waals surface area contributed by atoms with Crippen LogP contribution in [0, 0.1) is 17.7 Å². The fraction of sp³-hybridized carbons (Fsp3) is 0.200. The van der Waals surface area contributed by atoms with Gasteiger partial charge in [-0.25, -0.2) is 4.39 Å². The quantitative estimate of drug-likeness (QED) is 0.725. The third-order valence-corrected chi connectivity index (χ3v) is 1.86. The monoisotopic (exact) mass is 242 g/mol. The van der Waals surface area contributed by atoms with Crippen molar-refractivity contribution >= 4 is 15.9 Å². The molecule has 68 valence electrons. The minimum atomic E-state index is -0.374. The van der Waals surface area contributed by atoms with E-state index in [-0.39, 0.29) is 18.2 Å². The first-order valence-electron chi connectivity index (χ1n) is 3.71. The lowest BCUT2D eigenvalue weighted by Gasteiger charge is -2.03. The normalized spacial score (nSPS) is 8.85. The highest BCUT2D eigenvalue weighted by Gasteiger charge is 2.02. The minimum absolute atomic E-state index is 0.212. The van der Waals surface area contributed by atoms with Crippen molar-refractivity contribution in [3.05, 3.63) is 28.5 Å². The standard InChI is InChI=1S/C10H8BrFO/c1-2-3-6-13-10-7-8(11)4-5-9(10)12/h4-5,7H,6H2,1H3. The molecule has 0 heterocycles. The summed E-state index contributed by atoms with van der Waals surface area (Å²) in [5, 5.41) is 0. The fourth-order valence-corrected chi connectivity index (χ4v) is 1.11. The number of benzene rings is 1. The first-order valence-corrected chi connectivity index (χ1v) is 4.51. The molecule has 0 aromatic heterocycles. The van der Waals surface area contributed by atoms with E-state index in [0.29, 0.717) is 0 Å². The van der Waals surface area contributed by atoms with Gasteiger partial charge in [0.05, 0.1) is 0 Å². The average Bonchev–Trinajstić information content (AvgIpc) is 2.11. The molecule has 0 saturated carbocycles. The van der Waals surface area contributed by atoms with Crippen molar-refractivity contribution in [1.29, 1.82) is 0 Å². The zero-order chi connectivity index (χ0) is 9.68. The SMILES string of the molecule is CC#CCOc1cc(Br)ccc1F. The molecular formula is C10H8BrFO. The Labute approximate surface area is 85.0 Å². The van der Waals surface area contributed by atoms with Gasteiger partial charge >= 0.3 is 0 Å². The molecule has 0 unspecified atom stereocenters. The molecule has 0 aliphatic rings. The predicted octanol–water partition coefficient (Wildman–Crippen LogP) is 2.99. The lowest BCUT2D eigenvalue weighted by Crippen LogP contribution is -1.96. The summed E-state index contributed by atoms with van der Waals surface area (Å²) in [6, 6.07) is 4.54. The average molecular weight is 243 g/mol. The van der Waals surface area contributed by atoms with Gasteiger partial charge in [0.1, 0.15) is 6.61 Å². The molecular weight excluding hydrogens is 235 g/mol. The number of hydrogen-bond donors (Lipinski definition) is 0. The summed E-state index contributed by atoms with van der Waals surface area (Å²) in [7, 11) is 0. The van der Waals surface area contributed by atoms with Crippen LogP contribution >= 0.6 is 15.9 Å². The molecule has 1 aromatic rings. The van der Waals surface area contributed by atoms with Crippen LogP contribution in [0.5, 0.6) is 5.75 Å². The van der Waals surface area contributed by atoms with E-state index in [1.165, 1.54) is 6.07 Å². The molecule has 1 rings (SSSR count). The van der Waals surface area contributed by atoms with Crippen molar-refractivity contribution in [3.8, 4) is 17.6 Å². The first kappa shape index (κ1) is 10.1. The molecule has 0 atom stereocenters. The predicted molar refractivity (Wildman–Crippen MR) is 53.0 cm³/mol. The highest BCUT2D eigenvalue weighted by molar-refractivity contribution is 9.10. The van der Waals surface area contributed by atoms with Gasteiger partial charge in [0.15, 0.2) is 11.6 Å². The van der Waals surface area contributed by atoms with E-state index >= 15 is 0 Å². The van der Waals surface area contributed by atoms with Gasteiger partial charge in [-0.2, -0.15) is 0 Å². The van der Waals surface area contributed by atoms with Crippen molar-refractivity contribution in [2.24, 2.45) is 0 Å². The summed E-state index contributed by atoms with van der Waals surface area (Å²) in [5.74, 6) is 5.20. The lowest BCUT2D eigenvalue weighted by molar-refractivity contribution is 0.348. The first-order chi connectivity index (χ1) is 6.24. The van der Waals surface area contributed by atoms with E-state index in [0.717, 1.165) is 4.47 Å². The maximum Gasteiger partial charge on any atom is 0.165 e. The zero-order valence-electron chi connectivity index (χ0n) is 7.10. The van der Waals surface area contributed by atoms with Crippen LogP contribution in [0.1, 0.15) is 6.92 Å². The summed E-state index contributed by atoms with van der Waals surface area (Å²) in [5.41, 5.74) is 0. The van der Waals surface area contributed by atoms with Crippen LogP contribution in [-0.2, 0) is 0 Å². The Morgan fingerprint density at radius 2 is 2.31 bits per heavy atom. The van der Waals surface area contributed by atoms with Gasteiger partial charge in [0.25, 0.3) is 0 Å². The Hall–Kier alpha value is -1.01. The second-order valence-corrected chi connectivity index (χ2v) is 3.21. The van der Waals surface area contributed by atoms with E-state index in [9.17, 15) is 4.39 Å². The van der Waals surface area contributed by atoms with E-state index in [4.69, 9.17) is 4.74 Å². The van der Waals surface area contributed by atoms with E-state index in [1.807, 2.05) is 0 Å². The summed E-state index contributed by atoms with van der Waals surface area (Å²) in [6.07, 6.45) is 0. The zero-order valence-corrected chi connectivity index (χ0v) is 8.69. The molecule has 1 aromatic carbocycles. The molecule has 0 N–H and O–H groups in total. The Morgan fingerprint density at radius 1 is 1.54 bits per heavy atom. The second-order valence-electron chi connectivity index (χ2n) is 2.29. The molecule has 0 fully saturated rings. The van der Waals surface area contributed by atoms with Crippen molar-refractivity contribution in [3.63, 3.8) is 0 Å². The van der Waals surface area contributed by atoms with Gasteiger partial charge in [-0.1, -0.05) is 21.9 Å². The third-order valence-electron chi connectivity index (χ3n) is 1.37. The van der Waals surface area contributed by atoms with E-state index in [2.05, 4.69) is 27.8 Å². The number of ether oxygens (including phenoxy) is 1. The Bertz CT molecular complexity index is 352. The topological polar surface area (TPSA) is 9.23 Å². The largest absolute Gasteiger partial charge is 0.478 e. The minimum Gasteiger partial charge on any atom is -0.478 e. The summed E-state index contributed by atoms with van der Waals surface area (Å²) < 4.78 is 18.9. The van der Waals surface area contributed by atoms with Gasteiger partial charge in [0, 0.05) is 4.47 Å². The van der Waals surface area contributed by atoms with E-state index in [1.54, 1.807) is 19.1 Å². The molecule has 13 heavy (non-hydrogen) atoms. The number of rotatable bonds is 2. The Kier molecular flexibility index (Phi) is 3.78. The van der Waals surface area contributed by atoms with Crippen LogP contribution in [-0.4, -0.2) is 6.61 Å². The molecule has 0 aliphatic carbocycles. The molecule has 0 aliphatic heterocycles. The lowest BCUT2D eigenvalue weighted by atomic mass is 10.3. The Balaban J connectivity index is 2.73. The smallest absolute Gasteiger partial charge is 0.165 e. The van der Waals surface area contributed by atoms with Crippen molar-refractivity contribution in [2.45, 2.75) is 6.92 Å². The second kappa shape index (κ2) is 4.88. The molecule has 3 heteroatoms. The highest BCUT2D eigenvalue weighted by Crippen LogP contribution is 2.21.